The maximum Gasteiger partial charge on any atom is 0.317 e. The van der Waals surface area contributed by atoms with Crippen LogP contribution < -0.4 is 5.32 Å². The number of amides is 2. The van der Waals surface area contributed by atoms with Gasteiger partial charge < -0.3 is 10.2 Å². The summed E-state index contributed by atoms with van der Waals surface area (Å²) < 4.78 is 0. The van der Waals surface area contributed by atoms with Gasteiger partial charge in [-0.15, -0.1) is 11.3 Å². The fraction of sp³-hybridized carbons (Fsp3) is 0.750. The molecule has 1 aliphatic heterocycles. The van der Waals surface area contributed by atoms with Crippen molar-refractivity contribution in [2.45, 2.75) is 64.5 Å². The van der Waals surface area contributed by atoms with Gasteiger partial charge in [-0.1, -0.05) is 12.8 Å². The lowest BCUT2D eigenvalue weighted by molar-refractivity contribution is 0.156. The molecular formula is C16H25N3OS. The molecule has 3 atom stereocenters. The van der Waals surface area contributed by atoms with Crippen LogP contribution in [0.3, 0.4) is 0 Å². The number of fused-ring (bicyclic) bond motifs is 1. The molecule has 0 bridgehead atoms. The van der Waals surface area contributed by atoms with Crippen molar-refractivity contribution in [1.29, 1.82) is 0 Å². The molecule has 1 N–H and O–H groups in total. The van der Waals surface area contributed by atoms with Gasteiger partial charge in [0.2, 0.25) is 0 Å². The number of aryl methyl sites for hydroxylation is 1. The number of nitrogens with zero attached hydrogens (tertiary/aromatic N) is 2. The van der Waals surface area contributed by atoms with E-state index in [0.717, 1.165) is 17.3 Å². The Bertz CT molecular complexity index is 501. The molecular weight excluding hydrogens is 282 g/mol. The van der Waals surface area contributed by atoms with Crippen molar-refractivity contribution in [2.24, 2.45) is 5.92 Å². The second-order valence-electron chi connectivity index (χ2n) is 6.45. The highest BCUT2D eigenvalue weighted by Gasteiger charge is 2.42. The molecule has 1 aromatic heterocycles. The molecule has 0 spiro atoms. The van der Waals surface area contributed by atoms with Crippen molar-refractivity contribution in [3.63, 3.8) is 0 Å². The smallest absolute Gasteiger partial charge is 0.317 e. The number of urea groups is 1. The third kappa shape index (κ3) is 3.23. The molecule has 1 aromatic rings. The number of likely N-dealkylation sites (tertiary alicyclic amines) is 1. The lowest BCUT2D eigenvalue weighted by atomic mass is 9.85. The summed E-state index contributed by atoms with van der Waals surface area (Å²) in [5.74, 6) is 0.737. The van der Waals surface area contributed by atoms with Gasteiger partial charge in [0.15, 0.2) is 0 Å². The first-order valence-electron chi connectivity index (χ1n) is 8.12. The monoisotopic (exact) mass is 307 g/mol. The summed E-state index contributed by atoms with van der Waals surface area (Å²) in [5, 5.41) is 4.21. The van der Waals surface area contributed by atoms with Gasteiger partial charge in [-0.25, -0.2) is 9.78 Å². The molecule has 116 valence electrons. The molecule has 21 heavy (non-hydrogen) atoms. The Labute approximate surface area is 130 Å². The lowest BCUT2D eigenvalue weighted by Crippen LogP contribution is -2.48. The normalized spacial score (nSPS) is 28.5. The van der Waals surface area contributed by atoms with Gasteiger partial charge >= 0.3 is 6.03 Å². The minimum absolute atomic E-state index is 0.130. The van der Waals surface area contributed by atoms with E-state index in [1.54, 1.807) is 11.3 Å². The first kappa shape index (κ1) is 14.8. The summed E-state index contributed by atoms with van der Waals surface area (Å²) in [6, 6.07) is 1.00. The van der Waals surface area contributed by atoms with Gasteiger partial charge in [-0.05, 0) is 39.0 Å². The van der Waals surface area contributed by atoms with Crippen molar-refractivity contribution in [2.75, 3.05) is 6.54 Å². The van der Waals surface area contributed by atoms with E-state index in [9.17, 15) is 4.79 Å². The molecule has 0 aromatic carbocycles. The van der Waals surface area contributed by atoms with E-state index in [0.29, 0.717) is 18.6 Å². The van der Waals surface area contributed by atoms with Crippen LogP contribution in [0.4, 0.5) is 4.79 Å². The summed E-state index contributed by atoms with van der Waals surface area (Å²) in [6.07, 6.45) is 9.02. The number of rotatable bonds is 3. The second kappa shape index (κ2) is 6.34. The molecule has 3 rings (SSSR count). The highest BCUT2D eigenvalue weighted by Crippen LogP contribution is 2.39. The second-order valence-corrected chi connectivity index (χ2v) is 7.77. The van der Waals surface area contributed by atoms with Gasteiger partial charge in [0.1, 0.15) is 0 Å². The Morgan fingerprint density at radius 1 is 1.48 bits per heavy atom. The van der Waals surface area contributed by atoms with Crippen LogP contribution in [-0.4, -0.2) is 34.5 Å². The number of hydrogen-bond donors (Lipinski definition) is 1. The van der Waals surface area contributed by atoms with E-state index in [4.69, 9.17) is 0 Å². The third-order valence-corrected chi connectivity index (χ3v) is 5.84. The van der Waals surface area contributed by atoms with Gasteiger partial charge in [0.05, 0.1) is 5.01 Å². The van der Waals surface area contributed by atoms with E-state index in [2.05, 4.69) is 29.0 Å². The maximum absolute atomic E-state index is 12.5. The molecule has 1 saturated heterocycles. The van der Waals surface area contributed by atoms with Gasteiger partial charge in [0.25, 0.3) is 0 Å². The zero-order chi connectivity index (χ0) is 14.8. The fourth-order valence-electron chi connectivity index (χ4n) is 3.94. The van der Waals surface area contributed by atoms with E-state index < -0.39 is 0 Å². The van der Waals surface area contributed by atoms with Crippen LogP contribution >= 0.6 is 11.3 Å². The Hall–Kier alpha value is -1.10. The van der Waals surface area contributed by atoms with Crippen molar-refractivity contribution in [3.8, 4) is 0 Å². The summed E-state index contributed by atoms with van der Waals surface area (Å²) >= 11 is 1.71. The number of aromatic nitrogens is 1. The van der Waals surface area contributed by atoms with Gasteiger partial charge in [0, 0.05) is 36.1 Å². The highest BCUT2D eigenvalue weighted by atomic mass is 32.1. The van der Waals surface area contributed by atoms with Gasteiger partial charge in [-0.2, -0.15) is 0 Å². The van der Waals surface area contributed by atoms with Crippen LogP contribution in [0.1, 0.15) is 48.9 Å². The third-order valence-electron chi connectivity index (χ3n) is 4.86. The van der Waals surface area contributed by atoms with Crippen LogP contribution in [0.15, 0.2) is 6.20 Å². The van der Waals surface area contributed by atoms with Crippen molar-refractivity contribution in [1.82, 2.24) is 15.2 Å². The topological polar surface area (TPSA) is 45.2 Å². The number of hydrogen-bond acceptors (Lipinski definition) is 3. The molecule has 2 amide bonds. The minimum Gasteiger partial charge on any atom is -0.338 e. The molecule has 2 aliphatic rings. The molecule has 1 aliphatic carbocycles. The van der Waals surface area contributed by atoms with E-state index in [1.807, 2.05) is 6.20 Å². The van der Waals surface area contributed by atoms with Crippen LogP contribution in [0.25, 0.3) is 0 Å². The molecule has 1 saturated carbocycles. The Morgan fingerprint density at radius 3 is 3.05 bits per heavy atom. The average molecular weight is 307 g/mol. The highest BCUT2D eigenvalue weighted by molar-refractivity contribution is 7.11. The van der Waals surface area contributed by atoms with Crippen molar-refractivity contribution >= 4 is 17.4 Å². The molecule has 0 radical (unpaired) electrons. The first-order chi connectivity index (χ1) is 10.1. The predicted molar refractivity (Wildman–Crippen MR) is 85.6 cm³/mol. The van der Waals surface area contributed by atoms with E-state index in [-0.39, 0.29) is 6.03 Å². The average Bonchev–Trinajstić information content (AvgIpc) is 3.01. The molecule has 0 unspecified atom stereocenters. The van der Waals surface area contributed by atoms with Crippen molar-refractivity contribution in [3.05, 3.63) is 16.1 Å². The van der Waals surface area contributed by atoms with Crippen LogP contribution in [0.2, 0.25) is 0 Å². The van der Waals surface area contributed by atoms with Crippen LogP contribution in [0.5, 0.6) is 0 Å². The number of nitrogens with one attached hydrogen (secondary N) is 1. The summed E-state index contributed by atoms with van der Waals surface area (Å²) in [4.78, 5) is 20.2. The summed E-state index contributed by atoms with van der Waals surface area (Å²) in [5.41, 5.74) is 0. The molecule has 4 nitrogen and oxygen atoms in total. The lowest BCUT2D eigenvalue weighted by Gasteiger charge is -2.33. The number of thiazole rings is 1. The molecule has 5 heteroatoms. The largest absolute Gasteiger partial charge is 0.338 e. The predicted octanol–water partition coefficient (Wildman–Crippen LogP) is 3.36. The Balaban J connectivity index is 1.52. The minimum atomic E-state index is 0.130. The van der Waals surface area contributed by atoms with E-state index in [1.165, 1.54) is 37.0 Å². The first-order valence-corrected chi connectivity index (χ1v) is 8.94. The maximum atomic E-state index is 12.5. The summed E-state index contributed by atoms with van der Waals surface area (Å²) in [7, 11) is 0. The SMILES string of the molecule is Cc1cnc(CCNC(=O)N2[C@H](C)C[C@H]3CCCC[C@@H]32)s1. The fourth-order valence-corrected chi connectivity index (χ4v) is 4.73. The molecule has 2 heterocycles. The van der Waals surface area contributed by atoms with Crippen LogP contribution in [-0.2, 0) is 6.42 Å². The van der Waals surface area contributed by atoms with Gasteiger partial charge in [-0.3, -0.25) is 0 Å². The Morgan fingerprint density at radius 2 is 2.29 bits per heavy atom. The Kier molecular flexibility index (Phi) is 4.48. The van der Waals surface area contributed by atoms with E-state index >= 15 is 0 Å². The standard InChI is InChI=1S/C16H25N3OS/c1-11-9-13-5-3-4-6-14(13)19(11)16(20)17-8-7-15-18-10-12(2)21-15/h10-11,13-14H,3-9H2,1-2H3,(H,17,20)/t11-,13-,14+/m1/s1. The van der Waals surface area contributed by atoms with Crippen molar-refractivity contribution < 1.29 is 4.79 Å². The number of carbonyl (C=O) groups excluding carboxylic acids is 1. The zero-order valence-corrected chi connectivity index (χ0v) is 13.8. The quantitative estimate of drug-likeness (QED) is 0.930. The van der Waals surface area contributed by atoms with Crippen LogP contribution in [0, 0.1) is 12.8 Å². The zero-order valence-electron chi connectivity index (χ0n) is 13.0. The molecule has 2 fully saturated rings. The summed E-state index contributed by atoms with van der Waals surface area (Å²) in [6.45, 7) is 4.95. The number of carbonyl (C=O) groups is 1.